The van der Waals surface area contributed by atoms with Crippen molar-refractivity contribution in [2.75, 3.05) is 6.54 Å². The summed E-state index contributed by atoms with van der Waals surface area (Å²) in [6, 6.07) is 13.7. The van der Waals surface area contributed by atoms with Gasteiger partial charge in [-0.25, -0.2) is 4.39 Å². The lowest BCUT2D eigenvalue weighted by molar-refractivity contribution is -0.126. The van der Waals surface area contributed by atoms with Gasteiger partial charge in [0.15, 0.2) is 0 Å². The number of carbonyl (C=O) groups is 1. The monoisotopic (exact) mass is 398 g/mol. The molecule has 0 aliphatic rings. The highest BCUT2D eigenvalue weighted by molar-refractivity contribution is 9.10. The fourth-order valence-corrected chi connectivity index (χ4v) is 2.68. The molecule has 0 N–H and O–H groups in total. The molecule has 1 amide bonds. The third-order valence-electron chi connectivity index (χ3n) is 3.52. The first-order valence-corrected chi connectivity index (χ1v) is 8.35. The molecule has 0 aliphatic heterocycles. The smallest absolute Gasteiger partial charge is 0.247 e. The zero-order valence-corrected chi connectivity index (χ0v) is 15.0. The molecule has 0 aromatic heterocycles. The minimum Gasteiger partial charge on any atom is -0.331 e. The van der Waals surface area contributed by atoms with Crippen molar-refractivity contribution >= 4 is 27.9 Å². The fourth-order valence-electron chi connectivity index (χ4n) is 2.27. The summed E-state index contributed by atoms with van der Waals surface area (Å²) >= 11 is 3.30. The Morgan fingerprint density at radius 3 is 2.80 bits per heavy atom. The van der Waals surface area contributed by atoms with Gasteiger partial charge in [0.2, 0.25) is 5.91 Å². The van der Waals surface area contributed by atoms with Crippen LogP contribution in [0.15, 0.2) is 65.7 Å². The zero-order valence-electron chi connectivity index (χ0n) is 13.5. The van der Waals surface area contributed by atoms with Gasteiger partial charge in [-0.15, -0.1) is 6.58 Å². The first-order chi connectivity index (χ1) is 12.0. The average Bonchev–Trinajstić information content (AvgIpc) is 2.62. The van der Waals surface area contributed by atoms with Crippen molar-refractivity contribution in [1.82, 2.24) is 4.90 Å². The highest BCUT2D eigenvalue weighted by Crippen LogP contribution is 2.18. The molecule has 0 fully saturated rings. The second-order valence-corrected chi connectivity index (χ2v) is 6.19. The third kappa shape index (κ3) is 5.13. The van der Waals surface area contributed by atoms with Crippen LogP contribution in [0.3, 0.4) is 0 Å². The number of halogens is 2. The van der Waals surface area contributed by atoms with Crippen molar-refractivity contribution in [1.29, 1.82) is 5.26 Å². The molecule has 3 nitrogen and oxygen atoms in total. The Hall–Kier alpha value is -2.71. The molecule has 0 saturated carbocycles. The normalized spacial score (nSPS) is 10.4. The van der Waals surface area contributed by atoms with Crippen molar-refractivity contribution in [3.05, 3.63) is 88.2 Å². The van der Waals surface area contributed by atoms with Gasteiger partial charge in [0.05, 0.1) is 11.6 Å². The summed E-state index contributed by atoms with van der Waals surface area (Å²) in [5, 5.41) is 9.09. The Bertz CT molecular complexity index is 855. The van der Waals surface area contributed by atoms with Crippen molar-refractivity contribution in [2.24, 2.45) is 0 Å². The molecule has 0 spiro atoms. The lowest BCUT2D eigenvalue weighted by Gasteiger charge is -2.20. The quantitative estimate of drug-likeness (QED) is 0.523. The van der Waals surface area contributed by atoms with Crippen LogP contribution in [-0.2, 0) is 11.3 Å². The van der Waals surface area contributed by atoms with Crippen molar-refractivity contribution in [2.45, 2.75) is 6.54 Å². The minimum absolute atomic E-state index is 0.125. The van der Waals surface area contributed by atoms with E-state index in [0.29, 0.717) is 16.7 Å². The van der Waals surface area contributed by atoms with E-state index in [-0.39, 0.29) is 24.8 Å². The molecule has 2 aromatic rings. The molecule has 0 unspecified atom stereocenters. The number of nitriles is 1. The van der Waals surface area contributed by atoms with Crippen LogP contribution in [0, 0.1) is 17.1 Å². The second kappa shape index (κ2) is 8.95. The summed E-state index contributed by atoms with van der Waals surface area (Å²) in [5.74, 6) is -0.657. The fraction of sp³-hybridized carbons (Fsp3) is 0.100. The number of hydrogen-bond donors (Lipinski definition) is 0. The van der Waals surface area contributed by atoms with Crippen LogP contribution in [0.25, 0.3) is 6.08 Å². The molecule has 0 bridgehead atoms. The van der Waals surface area contributed by atoms with E-state index in [4.69, 9.17) is 5.26 Å². The van der Waals surface area contributed by atoms with E-state index >= 15 is 0 Å². The van der Waals surface area contributed by atoms with E-state index in [9.17, 15) is 9.18 Å². The molecule has 0 atom stereocenters. The van der Waals surface area contributed by atoms with Gasteiger partial charge in [0.25, 0.3) is 0 Å². The topological polar surface area (TPSA) is 44.1 Å². The predicted octanol–water partition coefficient (Wildman–Crippen LogP) is 4.69. The lowest BCUT2D eigenvalue weighted by Crippen LogP contribution is -2.29. The van der Waals surface area contributed by atoms with E-state index < -0.39 is 0 Å². The van der Waals surface area contributed by atoms with Crippen LogP contribution in [-0.4, -0.2) is 17.4 Å². The Labute approximate surface area is 154 Å². The summed E-state index contributed by atoms with van der Waals surface area (Å²) in [6.45, 7) is 4.06. The largest absolute Gasteiger partial charge is 0.331 e. The van der Waals surface area contributed by atoms with Crippen molar-refractivity contribution in [3.63, 3.8) is 0 Å². The molecule has 2 aromatic carbocycles. The maximum absolute atomic E-state index is 13.9. The SMILES string of the molecule is C=CCN(Cc1cc(Br)ccc1F)C(=O)/C=C/c1ccccc1C#N. The highest BCUT2D eigenvalue weighted by Gasteiger charge is 2.13. The standard InChI is InChI=1S/C20H16BrFN2O/c1-2-11-24(14-17-12-18(21)8-9-19(17)22)20(25)10-7-15-5-3-4-6-16(15)13-23/h2-10,12H,1,11,14H2/b10-7+. The van der Waals surface area contributed by atoms with Crippen molar-refractivity contribution in [3.8, 4) is 6.07 Å². The molecule has 126 valence electrons. The Morgan fingerprint density at radius 1 is 1.32 bits per heavy atom. The molecule has 0 saturated heterocycles. The average molecular weight is 399 g/mol. The number of carbonyl (C=O) groups excluding carboxylic acids is 1. The predicted molar refractivity (Wildman–Crippen MR) is 99.9 cm³/mol. The summed E-state index contributed by atoms with van der Waals surface area (Å²) in [7, 11) is 0. The van der Waals surface area contributed by atoms with Gasteiger partial charge < -0.3 is 4.90 Å². The Balaban J connectivity index is 2.20. The summed E-state index contributed by atoms with van der Waals surface area (Å²) in [6.07, 6.45) is 4.56. The molecule has 2 rings (SSSR count). The third-order valence-corrected chi connectivity index (χ3v) is 4.01. The van der Waals surface area contributed by atoms with Gasteiger partial charge in [0.1, 0.15) is 5.82 Å². The van der Waals surface area contributed by atoms with Crippen molar-refractivity contribution < 1.29 is 9.18 Å². The van der Waals surface area contributed by atoms with E-state index in [0.717, 1.165) is 4.47 Å². The first-order valence-electron chi connectivity index (χ1n) is 7.56. The van der Waals surface area contributed by atoms with Gasteiger partial charge in [-0.3, -0.25) is 4.79 Å². The van der Waals surface area contributed by atoms with Crippen LogP contribution >= 0.6 is 15.9 Å². The molecule has 0 radical (unpaired) electrons. The molecule has 5 heteroatoms. The van der Waals surface area contributed by atoms with Gasteiger partial charge in [-0.2, -0.15) is 5.26 Å². The maximum Gasteiger partial charge on any atom is 0.247 e. The molecular weight excluding hydrogens is 383 g/mol. The number of rotatable bonds is 6. The molecular formula is C20H16BrFN2O. The number of nitrogens with zero attached hydrogens (tertiary/aromatic N) is 2. The van der Waals surface area contributed by atoms with E-state index in [2.05, 4.69) is 28.6 Å². The van der Waals surface area contributed by atoms with E-state index in [1.54, 1.807) is 48.6 Å². The Kier molecular flexibility index (Phi) is 6.67. The van der Waals surface area contributed by atoms with Gasteiger partial charge >= 0.3 is 0 Å². The molecule has 0 aliphatic carbocycles. The molecule has 25 heavy (non-hydrogen) atoms. The van der Waals surface area contributed by atoms with Crippen LogP contribution in [0.4, 0.5) is 4.39 Å². The van der Waals surface area contributed by atoms with E-state index in [1.165, 1.54) is 17.0 Å². The number of benzene rings is 2. The Morgan fingerprint density at radius 2 is 2.08 bits per heavy atom. The van der Waals surface area contributed by atoms with Crippen LogP contribution in [0.1, 0.15) is 16.7 Å². The van der Waals surface area contributed by atoms with Crippen LogP contribution in [0.5, 0.6) is 0 Å². The minimum atomic E-state index is -0.371. The van der Waals surface area contributed by atoms with Crippen LogP contribution in [0.2, 0.25) is 0 Å². The number of hydrogen-bond acceptors (Lipinski definition) is 2. The lowest BCUT2D eigenvalue weighted by atomic mass is 10.1. The summed E-state index contributed by atoms with van der Waals surface area (Å²) in [4.78, 5) is 14.0. The zero-order chi connectivity index (χ0) is 18.2. The maximum atomic E-state index is 13.9. The highest BCUT2D eigenvalue weighted by atomic mass is 79.9. The molecule has 0 heterocycles. The number of amides is 1. The summed E-state index contributed by atoms with van der Waals surface area (Å²) in [5.41, 5.74) is 1.56. The first kappa shape index (κ1) is 18.6. The van der Waals surface area contributed by atoms with Gasteiger partial charge in [0, 0.05) is 29.2 Å². The second-order valence-electron chi connectivity index (χ2n) is 5.28. The summed E-state index contributed by atoms with van der Waals surface area (Å²) < 4.78 is 14.7. The van der Waals surface area contributed by atoms with Crippen LogP contribution < -0.4 is 0 Å². The van der Waals surface area contributed by atoms with Gasteiger partial charge in [-0.05, 0) is 35.9 Å². The van der Waals surface area contributed by atoms with E-state index in [1.807, 2.05) is 0 Å². The van der Waals surface area contributed by atoms with Gasteiger partial charge in [-0.1, -0.05) is 40.2 Å².